The maximum Gasteiger partial charge on any atom is 0.0957 e. The summed E-state index contributed by atoms with van der Waals surface area (Å²) in [7, 11) is 0. The number of imidazole rings is 1. The molecule has 1 unspecified atom stereocenters. The maximum absolute atomic E-state index is 5.87. The third-order valence-electron chi connectivity index (χ3n) is 2.76. The molecule has 0 bridgehead atoms. The van der Waals surface area contributed by atoms with Gasteiger partial charge < -0.3 is 10.3 Å². The molecule has 3 nitrogen and oxygen atoms in total. The van der Waals surface area contributed by atoms with E-state index in [0.29, 0.717) is 6.54 Å². The first-order chi connectivity index (χ1) is 7.63. The first-order valence-corrected chi connectivity index (χ1v) is 6.74. The third-order valence-corrected chi connectivity index (χ3v) is 4.56. The Kier molecular flexibility index (Phi) is 3.47. The Morgan fingerprint density at radius 2 is 2.31 bits per heavy atom. The van der Waals surface area contributed by atoms with Crippen LogP contribution in [0.15, 0.2) is 22.2 Å². The quantitative estimate of drug-likeness (QED) is 0.947. The molecule has 0 fully saturated rings. The molecular formula is C11H14BrN3S. The molecule has 1 atom stereocenters. The summed E-state index contributed by atoms with van der Waals surface area (Å²) in [5, 5.41) is 2.08. The van der Waals surface area contributed by atoms with Crippen molar-refractivity contribution in [2.45, 2.75) is 19.9 Å². The zero-order valence-electron chi connectivity index (χ0n) is 9.27. The van der Waals surface area contributed by atoms with Gasteiger partial charge >= 0.3 is 0 Å². The Morgan fingerprint density at radius 1 is 1.56 bits per heavy atom. The van der Waals surface area contributed by atoms with Crippen molar-refractivity contribution < 1.29 is 0 Å². The molecule has 16 heavy (non-hydrogen) atoms. The molecular weight excluding hydrogens is 286 g/mol. The van der Waals surface area contributed by atoms with Crippen LogP contribution in [0.25, 0.3) is 0 Å². The average molecular weight is 300 g/mol. The van der Waals surface area contributed by atoms with E-state index in [9.17, 15) is 0 Å². The lowest BCUT2D eigenvalue weighted by Gasteiger charge is -2.16. The summed E-state index contributed by atoms with van der Waals surface area (Å²) in [5.41, 5.74) is 8.11. The van der Waals surface area contributed by atoms with Crippen LogP contribution in [0.3, 0.4) is 0 Å². The van der Waals surface area contributed by atoms with Crippen LogP contribution >= 0.6 is 27.3 Å². The molecule has 5 heteroatoms. The summed E-state index contributed by atoms with van der Waals surface area (Å²) in [4.78, 5) is 5.58. The standard InChI is InChI=1S/C11H14BrN3S/c1-7-8(2)15(6-14-7)10(4-13)11-3-9(12)5-16-11/h3,5-6,10H,4,13H2,1-2H3. The summed E-state index contributed by atoms with van der Waals surface area (Å²) in [6, 6.07) is 2.31. The SMILES string of the molecule is Cc1ncn(C(CN)c2cc(Br)cs2)c1C. The smallest absolute Gasteiger partial charge is 0.0957 e. The fourth-order valence-electron chi connectivity index (χ4n) is 1.70. The van der Waals surface area contributed by atoms with Gasteiger partial charge in [-0.25, -0.2) is 4.98 Å². The number of hydrogen-bond acceptors (Lipinski definition) is 3. The van der Waals surface area contributed by atoms with Gasteiger partial charge in [-0.1, -0.05) is 0 Å². The number of halogens is 1. The van der Waals surface area contributed by atoms with Crippen molar-refractivity contribution in [2.75, 3.05) is 6.54 Å². The Bertz CT molecular complexity index is 489. The third kappa shape index (κ3) is 2.07. The lowest BCUT2D eigenvalue weighted by molar-refractivity contribution is 0.590. The summed E-state index contributed by atoms with van der Waals surface area (Å²) in [5.74, 6) is 0. The first-order valence-electron chi connectivity index (χ1n) is 5.07. The topological polar surface area (TPSA) is 43.8 Å². The fraction of sp³-hybridized carbons (Fsp3) is 0.364. The van der Waals surface area contributed by atoms with E-state index in [1.54, 1.807) is 11.3 Å². The molecule has 0 aromatic carbocycles. The largest absolute Gasteiger partial charge is 0.328 e. The van der Waals surface area contributed by atoms with E-state index in [1.807, 2.05) is 13.3 Å². The number of hydrogen-bond donors (Lipinski definition) is 1. The van der Waals surface area contributed by atoms with Gasteiger partial charge in [0, 0.05) is 27.0 Å². The van der Waals surface area contributed by atoms with Crippen molar-refractivity contribution in [3.63, 3.8) is 0 Å². The van der Waals surface area contributed by atoms with Crippen LogP contribution < -0.4 is 5.73 Å². The highest BCUT2D eigenvalue weighted by Gasteiger charge is 2.16. The predicted octanol–water partition coefficient (Wildman–Crippen LogP) is 2.87. The summed E-state index contributed by atoms with van der Waals surface area (Å²) in [6.45, 7) is 4.68. The van der Waals surface area contributed by atoms with Crippen LogP contribution in [-0.4, -0.2) is 16.1 Å². The lowest BCUT2D eigenvalue weighted by atomic mass is 10.2. The molecule has 2 rings (SSSR count). The minimum atomic E-state index is 0.192. The number of aromatic nitrogens is 2. The van der Waals surface area contributed by atoms with Crippen LogP contribution in [0.4, 0.5) is 0 Å². The molecule has 0 aliphatic heterocycles. The van der Waals surface area contributed by atoms with E-state index in [4.69, 9.17) is 5.73 Å². The zero-order valence-corrected chi connectivity index (χ0v) is 11.7. The number of aryl methyl sites for hydroxylation is 1. The van der Waals surface area contributed by atoms with Crippen LogP contribution in [0.1, 0.15) is 22.3 Å². The number of thiophene rings is 1. The first kappa shape index (κ1) is 11.8. The minimum absolute atomic E-state index is 0.192. The van der Waals surface area contributed by atoms with Crippen LogP contribution in [-0.2, 0) is 0 Å². The Balaban J connectivity index is 2.40. The number of nitrogens with zero attached hydrogens (tertiary/aromatic N) is 2. The molecule has 2 heterocycles. The monoisotopic (exact) mass is 299 g/mol. The second kappa shape index (κ2) is 4.69. The van der Waals surface area contributed by atoms with Gasteiger partial charge in [-0.3, -0.25) is 0 Å². The molecule has 0 aliphatic carbocycles. The molecule has 0 saturated heterocycles. The molecule has 0 amide bonds. The fourth-order valence-corrected chi connectivity index (χ4v) is 3.26. The minimum Gasteiger partial charge on any atom is -0.328 e. The number of rotatable bonds is 3. The van der Waals surface area contributed by atoms with Gasteiger partial charge in [0.1, 0.15) is 0 Å². The Hall–Kier alpha value is -0.650. The van der Waals surface area contributed by atoms with Gasteiger partial charge in [0.15, 0.2) is 0 Å². The van der Waals surface area contributed by atoms with Gasteiger partial charge in [-0.15, -0.1) is 11.3 Å². The molecule has 86 valence electrons. The van der Waals surface area contributed by atoms with Gasteiger partial charge in [0.2, 0.25) is 0 Å². The molecule has 2 aromatic heterocycles. The maximum atomic E-state index is 5.87. The van der Waals surface area contributed by atoms with E-state index in [0.717, 1.165) is 10.2 Å². The highest BCUT2D eigenvalue weighted by atomic mass is 79.9. The van der Waals surface area contributed by atoms with Crippen molar-refractivity contribution in [3.05, 3.63) is 38.5 Å². The van der Waals surface area contributed by atoms with Gasteiger partial charge in [0.25, 0.3) is 0 Å². The Morgan fingerprint density at radius 3 is 2.75 bits per heavy atom. The van der Waals surface area contributed by atoms with Gasteiger partial charge in [0.05, 0.1) is 18.1 Å². The number of nitrogens with two attached hydrogens (primary N) is 1. The average Bonchev–Trinajstić information content (AvgIpc) is 2.81. The predicted molar refractivity (Wildman–Crippen MR) is 70.9 cm³/mol. The van der Waals surface area contributed by atoms with E-state index < -0.39 is 0 Å². The van der Waals surface area contributed by atoms with Crippen molar-refractivity contribution >= 4 is 27.3 Å². The van der Waals surface area contributed by atoms with E-state index in [2.05, 4.69) is 43.9 Å². The van der Waals surface area contributed by atoms with E-state index in [-0.39, 0.29) is 6.04 Å². The molecule has 2 aromatic rings. The zero-order chi connectivity index (χ0) is 11.7. The van der Waals surface area contributed by atoms with E-state index in [1.165, 1.54) is 10.6 Å². The van der Waals surface area contributed by atoms with Crippen LogP contribution in [0.5, 0.6) is 0 Å². The van der Waals surface area contributed by atoms with Gasteiger partial charge in [-0.2, -0.15) is 0 Å². The summed E-state index contributed by atoms with van der Waals surface area (Å²) >= 11 is 5.19. The van der Waals surface area contributed by atoms with Crippen LogP contribution in [0.2, 0.25) is 0 Å². The highest BCUT2D eigenvalue weighted by Crippen LogP contribution is 2.28. The van der Waals surface area contributed by atoms with Crippen LogP contribution in [0, 0.1) is 13.8 Å². The molecule has 0 saturated carbocycles. The van der Waals surface area contributed by atoms with E-state index >= 15 is 0 Å². The van der Waals surface area contributed by atoms with Crippen molar-refractivity contribution in [3.8, 4) is 0 Å². The van der Waals surface area contributed by atoms with Crippen molar-refractivity contribution in [1.82, 2.24) is 9.55 Å². The normalized spacial score (nSPS) is 13.0. The van der Waals surface area contributed by atoms with Crippen molar-refractivity contribution in [2.24, 2.45) is 5.73 Å². The molecule has 0 aliphatic rings. The summed E-state index contributed by atoms with van der Waals surface area (Å²) in [6.07, 6.45) is 1.87. The van der Waals surface area contributed by atoms with Crippen molar-refractivity contribution in [1.29, 1.82) is 0 Å². The van der Waals surface area contributed by atoms with Gasteiger partial charge in [-0.05, 0) is 35.8 Å². The Labute approximate surface area is 107 Å². The molecule has 0 spiro atoms. The molecule has 2 N–H and O–H groups in total. The lowest BCUT2D eigenvalue weighted by Crippen LogP contribution is -2.19. The summed E-state index contributed by atoms with van der Waals surface area (Å²) < 4.78 is 3.26. The second-order valence-corrected chi connectivity index (χ2v) is 5.60. The second-order valence-electron chi connectivity index (χ2n) is 3.74. The highest BCUT2D eigenvalue weighted by molar-refractivity contribution is 9.10. The molecule has 0 radical (unpaired) electrons.